The number of imidazole rings is 1. The van der Waals surface area contributed by atoms with Crippen LogP contribution >= 0.6 is 0 Å². The molecule has 0 radical (unpaired) electrons. The molecule has 0 aromatic carbocycles. The summed E-state index contributed by atoms with van der Waals surface area (Å²) in [6.45, 7) is -2.10. The molecular formula is C77H123N31O21. The van der Waals surface area contributed by atoms with Crippen LogP contribution in [0, 0.1) is 16.2 Å². The molecule has 1 aromatic heterocycles. The maximum absolute atomic E-state index is 15.0. The molecule has 0 bridgehead atoms. The number of rotatable bonds is 50. The van der Waals surface area contributed by atoms with E-state index in [1.165, 1.54) is 37.0 Å². The van der Waals surface area contributed by atoms with E-state index in [4.69, 9.17) is 56.4 Å². The number of carboxylic acid groups (broad SMARTS) is 1. The fourth-order valence-electron chi connectivity index (χ4n) is 16.4. The van der Waals surface area contributed by atoms with Gasteiger partial charge >= 0.3 is 5.97 Å². The van der Waals surface area contributed by atoms with Crippen molar-refractivity contribution in [2.75, 3.05) is 85.1 Å². The summed E-state index contributed by atoms with van der Waals surface area (Å²) in [6.07, 6.45) is 2.79. The Morgan fingerprint density at radius 3 is 1.12 bits per heavy atom. The Morgan fingerprint density at radius 2 is 0.713 bits per heavy atom. The molecule has 6 aliphatic heterocycles. The van der Waals surface area contributed by atoms with Crippen LogP contribution in [0.15, 0.2) is 12.5 Å². The lowest BCUT2D eigenvalue weighted by Crippen LogP contribution is -2.59. The average molecular weight is 1820 g/mol. The molecule has 7 rings (SSSR count). The van der Waals surface area contributed by atoms with Crippen LogP contribution in [0.3, 0.4) is 0 Å². The van der Waals surface area contributed by atoms with E-state index in [2.05, 4.69) is 79.1 Å². The van der Waals surface area contributed by atoms with Crippen LogP contribution in [0.1, 0.15) is 160 Å². The van der Waals surface area contributed by atoms with Gasteiger partial charge in [0, 0.05) is 96.5 Å². The third-order valence-electron chi connectivity index (χ3n) is 22.9. The van der Waals surface area contributed by atoms with Gasteiger partial charge in [-0.1, -0.05) is 0 Å². The van der Waals surface area contributed by atoms with Crippen molar-refractivity contribution >= 4 is 136 Å². The molecule has 7 heterocycles. The molecule has 6 saturated heterocycles. The number of hydrogen-bond acceptors (Lipinski definition) is 25. The average Bonchev–Trinajstić information content (AvgIpc) is 1.67. The Morgan fingerprint density at radius 1 is 0.380 bits per heavy atom. The predicted molar refractivity (Wildman–Crippen MR) is 453 cm³/mol. The number of carboxylic acids is 1. The number of guanidine groups is 3. The molecule has 32 N–H and O–H groups in total. The van der Waals surface area contributed by atoms with E-state index >= 15 is 0 Å². The molecule has 1 aromatic rings. The Hall–Kier alpha value is -13.6. The van der Waals surface area contributed by atoms with E-state index in [-0.39, 0.29) is 161 Å². The number of aliphatic carboxylic acids is 1. The minimum atomic E-state index is -1.61. The zero-order chi connectivity index (χ0) is 94.7. The van der Waals surface area contributed by atoms with E-state index in [1.807, 2.05) is 0 Å². The molecule has 6 fully saturated rings. The van der Waals surface area contributed by atoms with Crippen LogP contribution in [0.5, 0.6) is 0 Å². The van der Waals surface area contributed by atoms with Gasteiger partial charge in [-0.3, -0.25) is 107 Å². The summed E-state index contributed by atoms with van der Waals surface area (Å²) in [5, 5.41) is 65.9. The van der Waals surface area contributed by atoms with Crippen LogP contribution in [0.25, 0.3) is 0 Å². The summed E-state index contributed by atoms with van der Waals surface area (Å²) in [7, 11) is 0. The number of aromatic amines is 1. The van der Waals surface area contributed by atoms with Gasteiger partial charge in [0.25, 0.3) is 0 Å². The lowest BCUT2D eigenvalue weighted by Gasteiger charge is -2.34. The van der Waals surface area contributed by atoms with Crippen molar-refractivity contribution in [3.63, 3.8) is 0 Å². The highest BCUT2D eigenvalue weighted by Gasteiger charge is 2.48. The highest BCUT2D eigenvalue weighted by Crippen LogP contribution is 2.30. The Balaban J connectivity index is 0.980. The molecule has 19 amide bonds. The summed E-state index contributed by atoms with van der Waals surface area (Å²) < 4.78 is 0. The Bertz CT molecular complexity index is 4270. The van der Waals surface area contributed by atoms with E-state index < -0.39 is 267 Å². The normalized spacial score (nSPS) is 19.7. The molecule has 13 atom stereocenters. The largest absolute Gasteiger partial charge is 0.480 e. The van der Waals surface area contributed by atoms with Gasteiger partial charge in [-0.2, -0.15) is 0 Å². The first-order chi connectivity index (χ1) is 61.4. The zero-order valence-corrected chi connectivity index (χ0v) is 71.8. The highest BCUT2D eigenvalue weighted by atomic mass is 16.4. The van der Waals surface area contributed by atoms with Crippen molar-refractivity contribution < 1.29 is 101 Å². The van der Waals surface area contributed by atoms with Gasteiger partial charge in [-0.05, 0) is 135 Å². The summed E-state index contributed by atoms with van der Waals surface area (Å²) in [6, 6.07) is -17.3. The molecule has 0 unspecified atom stereocenters. The fourth-order valence-corrected chi connectivity index (χ4v) is 16.4. The van der Waals surface area contributed by atoms with E-state index in [0.29, 0.717) is 37.8 Å². The predicted octanol–water partition coefficient (Wildman–Crippen LogP) is -11.7. The summed E-state index contributed by atoms with van der Waals surface area (Å²) in [5.74, 6) is -17.8. The van der Waals surface area contributed by atoms with Crippen molar-refractivity contribution in [3.05, 3.63) is 18.2 Å². The second-order valence-corrected chi connectivity index (χ2v) is 32.2. The first-order valence-electron chi connectivity index (χ1n) is 43.1. The molecule has 712 valence electrons. The second kappa shape index (κ2) is 50.7. The summed E-state index contributed by atoms with van der Waals surface area (Å²) >= 11 is 0. The number of amides is 19. The van der Waals surface area contributed by atoms with Gasteiger partial charge in [0.1, 0.15) is 78.5 Å². The van der Waals surface area contributed by atoms with Gasteiger partial charge in [-0.25, -0.2) is 9.78 Å². The van der Waals surface area contributed by atoms with Gasteiger partial charge in [0.15, 0.2) is 17.9 Å². The van der Waals surface area contributed by atoms with Crippen LogP contribution < -0.4 is 109 Å². The number of nitrogens with zero attached hydrogens (tertiary/aromatic N) is 7. The smallest absolute Gasteiger partial charge is 0.326 e. The molecule has 6 aliphatic rings. The van der Waals surface area contributed by atoms with Gasteiger partial charge in [-0.15, -0.1) is 0 Å². The monoisotopic (exact) mass is 1820 g/mol. The number of nitrogens with one attached hydrogen (secondary N) is 17. The minimum absolute atomic E-state index is 0.0213. The molecule has 52 nitrogen and oxygen atoms in total. The topological polar surface area (TPSA) is 820 Å². The molecule has 52 heteroatoms. The van der Waals surface area contributed by atoms with Crippen LogP contribution in [0.2, 0.25) is 0 Å². The number of hydrogen-bond donors (Lipinski definition) is 25. The first-order valence-corrected chi connectivity index (χ1v) is 43.1. The summed E-state index contributed by atoms with van der Waals surface area (Å²) in [5.41, 5.74) is 38.4. The van der Waals surface area contributed by atoms with E-state index in [1.54, 1.807) is 0 Å². The molecule has 0 spiro atoms. The number of primary amides is 3. The second-order valence-electron chi connectivity index (χ2n) is 32.2. The number of nitrogens with two attached hydrogens (primary N) is 7. The van der Waals surface area contributed by atoms with Crippen molar-refractivity contribution in [2.45, 2.75) is 239 Å². The molecule has 129 heavy (non-hydrogen) atoms. The number of carbonyl (C=O) groups excluding carboxylic acids is 19. The molecular weight excluding hydrogens is 1700 g/mol. The maximum Gasteiger partial charge on any atom is 0.326 e. The lowest BCUT2D eigenvalue weighted by molar-refractivity contribution is -0.148. The van der Waals surface area contributed by atoms with E-state index in [9.17, 15) is 101 Å². The maximum atomic E-state index is 15.0. The van der Waals surface area contributed by atoms with E-state index in [0.717, 1.165) is 4.90 Å². The van der Waals surface area contributed by atoms with Gasteiger partial charge < -0.3 is 149 Å². The zero-order valence-electron chi connectivity index (χ0n) is 71.8. The highest BCUT2D eigenvalue weighted by molar-refractivity contribution is 6.01. The van der Waals surface area contributed by atoms with Crippen LogP contribution in [0.4, 0.5) is 0 Å². The lowest BCUT2D eigenvalue weighted by atomic mass is 10.1. The van der Waals surface area contributed by atoms with Crippen molar-refractivity contribution in [1.29, 1.82) is 16.2 Å². The van der Waals surface area contributed by atoms with Crippen molar-refractivity contribution in [3.8, 4) is 0 Å². The first kappa shape index (κ1) is 102. The number of carbonyl (C=O) groups is 20. The third-order valence-corrected chi connectivity index (χ3v) is 22.9. The van der Waals surface area contributed by atoms with Crippen LogP contribution in [-0.2, 0) is 102 Å². The fraction of sp³-hybridized carbons (Fsp3) is 0.662. The summed E-state index contributed by atoms with van der Waals surface area (Å²) in [4.78, 5) is 287. The standard InChI is InChI=1S/C77H123N31O21/c78-35-58(112)92-37-59(113)97-48(34-41-36-88-40-95-41)71(125)105-30-5-14-50(105)68(122)101-46(12-3-27-91-77(86)87)70(124)108-33-9-18-54(108)73(127)107-32-7-15-51(107)66(120)98-42(10-1-25-89-75(82)83)62(116)93-38-60(114)96-45(11-2-26-90-76(84)85)69(123)104-29-4-13-49(104)65(119)99-43(19-22-55(79)109)63(117)94-39-61(115)103-28-8-17-53(103)72(126)106-31-6-16-52(106)67(121)100-44(20-23-56(80)110)64(118)102-47(74(128)129)21-24-57(81)111/h36,40,42-54H,1-35,37-39,78H2,(H2,79,109)(H2,80,110)(H2,81,111)(H,88,95)(H,92,112)(H,93,116)(H,94,117)(H,96,114)(H,97,113)(H,98,120)(H,99,119)(H,100,121)(H,101,122)(H,102,118)(H,128,129)(H4,82,83,89)(H4,84,85,90)(H4,86,87,91)/t42-,43-,44-,45-,46-,47-,48-,49-,50-,51-,52-,53-,54-/m0/s1. The van der Waals surface area contributed by atoms with Crippen molar-refractivity contribution in [1.82, 2.24) is 108 Å². The SMILES string of the molecule is N=C(N)NCCC[C@H](NC(=O)[C@@H]1CCCN1C(=O)[C@@H]1CCCN1C(=O)[C@H](CCCNC(=N)N)NC(=O)[C@@H]1CCCN1C(=O)[C@H](Cc1cnc[nH]1)NC(=O)CNC(=O)CN)C(=O)NCC(=O)N[C@@H](CCCNC(=N)N)C(=O)N1CCC[C@H]1C(=O)N[C@@H](CCC(N)=O)C(=O)NCC(=O)N1CCC[C@H]1C(=O)N1CCC[C@H]1C(=O)N[C@@H](CCC(N)=O)C(=O)N[C@@H](CCC(N)=O)C(=O)O. The number of likely N-dealkylation sites (tertiary alicyclic amines) is 6. The van der Waals surface area contributed by atoms with Crippen LogP contribution in [-0.4, -0.2) is 344 Å². The molecule has 0 saturated carbocycles. The third kappa shape index (κ3) is 31.4. The minimum Gasteiger partial charge on any atom is -0.480 e. The Kier molecular flexibility index (Phi) is 40.2. The quantitative estimate of drug-likeness (QED) is 0.0164. The van der Waals surface area contributed by atoms with Gasteiger partial charge in [0.2, 0.25) is 112 Å². The Labute approximate surface area is 741 Å². The van der Waals surface area contributed by atoms with Crippen molar-refractivity contribution in [2.24, 2.45) is 40.1 Å². The van der Waals surface area contributed by atoms with Gasteiger partial charge in [0.05, 0.1) is 32.5 Å². The number of H-pyrrole nitrogens is 1. The molecule has 0 aliphatic carbocycles. The number of aromatic nitrogens is 2.